The van der Waals surface area contributed by atoms with Crippen molar-refractivity contribution in [3.63, 3.8) is 0 Å². The van der Waals surface area contributed by atoms with Crippen LogP contribution in [-0.2, 0) is 0 Å². The summed E-state index contributed by atoms with van der Waals surface area (Å²) in [4.78, 5) is 30.1. The molecule has 0 unspecified atom stereocenters. The van der Waals surface area contributed by atoms with Gasteiger partial charge in [-0.25, -0.2) is 4.99 Å². The highest BCUT2D eigenvalue weighted by molar-refractivity contribution is 6.45. The van der Waals surface area contributed by atoms with Gasteiger partial charge in [0, 0.05) is 30.0 Å². The van der Waals surface area contributed by atoms with Crippen LogP contribution in [0.2, 0.25) is 0 Å². The third kappa shape index (κ3) is 7.27. The molecule has 198 valence electrons. The van der Waals surface area contributed by atoms with Gasteiger partial charge in [0.25, 0.3) is 11.8 Å². The first-order chi connectivity index (χ1) is 18.2. The molecule has 0 aliphatic carbocycles. The molecular weight excluding hydrogens is 504 g/mol. The number of halogens is 1. The van der Waals surface area contributed by atoms with Gasteiger partial charge >= 0.3 is 0 Å². The predicted molar refractivity (Wildman–Crippen MR) is 155 cm³/mol. The summed E-state index contributed by atoms with van der Waals surface area (Å²) in [5.74, 6) is 0.489. The molecule has 10 heteroatoms. The van der Waals surface area contributed by atoms with Gasteiger partial charge in [0.15, 0.2) is 5.84 Å². The summed E-state index contributed by atoms with van der Waals surface area (Å²) < 4.78 is 5.47. The van der Waals surface area contributed by atoms with E-state index in [-0.39, 0.29) is 17.6 Å². The van der Waals surface area contributed by atoms with Crippen molar-refractivity contribution in [2.24, 2.45) is 4.99 Å². The highest BCUT2D eigenvalue weighted by atomic mass is 35.5. The first kappa shape index (κ1) is 28.1. The lowest BCUT2D eigenvalue weighted by molar-refractivity contribution is 0.0952. The minimum absolute atomic E-state index is 0.260. The van der Waals surface area contributed by atoms with Gasteiger partial charge in [-0.1, -0.05) is 37.4 Å². The summed E-state index contributed by atoms with van der Waals surface area (Å²) in [6, 6.07) is 10.2. The van der Waals surface area contributed by atoms with E-state index in [9.17, 15) is 9.59 Å². The van der Waals surface area contributed by atoms with E-state index in [1.165, 1.54) is 7.11 Å². The number of benzene rings is 2. The highest BCUT2D eigenvalue weighted by Crippen LogP contribution is 2.28. The number of methoxy groups -OCH3 is 1. The van der Waals surface area contributed by atoms with Crippen molar-refractivity contribution in [3.05, 3.63) is 96.0 Å². The fourth-order valence-corrected chi connectivity index (χ4v) is 3.60. The number of hydrogen-bond donors (Lipinski definition) is 5. The number of allylic oxidation sites excluding steroid dienone is 2. The van der Waals surface area contributed by atoms with Crippen molar-refractivity contribution in [1.82, 2.24) is 10.6 Å². The summed E-state index contributed by atoms with van der Waals surface area (Å²) >= 11 is 6.46. The van der Waals surface area contributed by atoms with Crippen LogP contribution in [0.3, 0.4) is 0 Å². The molecule has 2 aromatic rings. The van der Waals surface area contributed by atoms with Gasteiger partial charge in [0.05, 0.1) is 29.1 Å². The first-order valence-electron chi connectivity index (χ1n) is 11.9. The van der Waals surface area contributed by atoms with Crippen LogP contribution in [0.25, 0.3) is 0 Å². The maximum atomic E-state index is 13.0. The molecule has 38 heavy (non-hydrogen) atoms. The molecule has 6 rings (SSSR count). The van der Waals surface area contributed by atoms with Crippen LogP contribution < -0.4 is 31.3 Å². The Hall–Kier alpha value is -4.50. The second-order valence-corrected chi connectivity index (χ2v) is 8.60. The predicted octanol–water partition coefficient (Wildman–Crippen LogP) is 5.21. The zero-order valence-corrected chi connectivity index (χ0v) is 22.2. The molecule has 0 saturated heterocycles. The average molecular weight is 535 g/mol. The lowest BCUT2D eigenvalue weighted by Gasteiger charge is -2.17. The maximum Gasteiger partial charge on any atom is 0.253 e. The molecule has 5 N–H and O–H groups in total. The van der Waals surface area contributed by atoms with E-state index >= 15 is 0 Å². The highest BCUT2D eigenvalue weighted by Gasteiger charge is 2.16. The fourth-order valence-electron chi connectivity index (χ4n) is 3.51. The van der Waals surface area contributed by atoms with Crippen molar-refractivity contribution < 1.29 is 14.3 Å². The topological polar surface area (TPSA) is 116 Å². The quantitative estimate of drug-likeness (QED) is 0.336. The number of anilines is 3. The van der Waals surface area contributed by atoms with Gasteiger partial charge in [-0.05, 0) is 55.8 Å². The monoisotopic (exact) mass is 534 g/mol. The van der Waals surface area contributed by atoms with Gasteiger partial charge in [-0.15, -0.1) is 0 Å². The number of aliphatic imine (C=N–C) groups is 1. The molecule has 4 aliphatic rings. The van der Waals surface area contributed by atoms with Crippen LogP contribution in [0.15, 0.2) is 89.8 Å². The van der Waals surface area contributed by atoms with E-state index in [2.05, 4.69) is 51.3 Å². The SMILES string of the molecule is C=CC(=C)Nc1cc2ccc1C(=O)NCCCNC(=O)c1ccc(c(OC)c1)NC(=C)/N=C(\C(Cl)=C/C)N2. The van der Waals surface area contributed by atoms with Gasteiger partial charge in [-0.2, -0.15) is 0 Å². The van der Waals surface area contributed by atoms with Gasteiger partial charge < -0.3 is 31.3 Å². The largest absolute Gasteiger partial charge is 0.495 e. The molecular formula is C28H31ClN6O3. The number of nitrogens with one attached hydrogen (secondary N) is 5. The number of amidine groups is 1. The van der Waals surface area contributed by atoms with Crippen molar-refractivity contribution in [2.45, 2.75) is 13.3 Å². The molecule has 2 aromatic carbocycles. The van der Waals surface area contributed by atoms with Gasteiger partial charge in [0.1, 0.15) is 11.6 Å². The lowest BCUT2D eigenvalue weighted by Crippen LogP contribution is -2.30. The summed E-state index contributed by atoms with van der Waals surface area (Å²) in [7, 11) is 1.51. The van der Waals surface area contributed by atoms with Gasteiger partial charge in [0.2, 0.25) is 0 Å². The average Bonchev–Trinajstić information content (AvgIpc) is 2.91. The molecule has 0 atom stereocenters. The molecule has 0 fully saturated rings. The minimum Gasteiger partial charge on any atom is -0.495 e. The first-order valence-corrected chi connectivity index (χ1v) is 12.2. The Morgan fingerprint density at radius 2 is 1.84 bits per heavy atom. The molecule has 4 aliphatic heterocycles. The molecule has 4 bridgehead atoms. The lowest BCUT2D eigenvalue weighted by atomic mass is 10.1. The summed E-state index contributed by atoms with van der Waals surface area (Å²) in [5.41, 5.74) is 3.06. The number of carbonyl (C=O) groups is 2. The normalized spacial score (nSPS) is 16.2. The van der Waals surface area contributed by atoms with Crippen LogP contribution in [0.4, 0.5) is 17.1 Å². The summed E-state index contributed by atoms with van der Waals surface area (Å²) in [5, 5.41) is 15.5. The second-order valence-electron chi connectivity index (χ2n) is 8.19. The van der Waals surface area contributed by atoms with Crippen LogP contribution >= 0.6 is 11.6 Å². The van der Waals surface area contributed by atoms with E-state index in [0.29, 0.717) is 70.0 Å². The molecule has 4 heterocycles. The van der Waals surface area contributed by atoms with Crippen molar-refractivity contribution in [2.75, 3.05) is 36.1 Å². The number of nitrogens with zero attached hydrogens (tertiary/aromatic N) is 1. The number of ether oxygens (including phenoxy) is 1. The molecule has 2 amide bonds. The zero-order chi connectivity index (χ0) is 27.7. The van der Waals surface area contributed by atoms with Crippen molar-refractivity contribution in [3.8, 4) is 5.75 Å². The summed E-state index contributed by atoms with van der Waals surface area (Å²) in [6.45, 7) is 14.1. The Balaban J connectivity index is 2.05. The van der Waals surface area contributed by atoms with Gasteiger partial charge in [-0.3, -0.25) is 9.59 Å². The molecule has 0 radical (unpaired) electrons. The molecule has 0 spiro atoms. The van der Waals surface area contributed by atoms with E-state index in [1.54, 1.807) is 55.5 Å². The maximum absolute atomic E-state index is 13.0. The van der Waals surface area contributed by atoms with E-state index in [1.807, 2.05) is 0 Å². The Bertz CT molecular complexity index is 1330. The van der Waals surface area contributed by atoms with Crippen LogP contribution in [0.1, 0.15) is 34.1 Å². The Morgan fingerprint density at radius 1 is 1.11 bits per heavy atom. The zero-order valence-electron chi connectivity index (χ0n) is 21.4. The van der Waals surface area contributed by atoms with Crippen LogP contribution in [-0.4, -0.2) is 37.8 Å². The number of hydrogen-bond acceptors (Lipinski definition) is 7. The van der Waals surface area contributed by atoms with E-state index < -0.39 is 0 Å². The third-order valence-corrected chi connectivity index (χ3v) is 5.86. The van der Waals surface area contributed by atoms with E-state index in [0.717, 1.165) is 0 Å². The molecule has 0 aromatic heterocycles. The second kappa shape index (κ2) is 13.2. The number of carbonyl (C=O) groups excluding carboxylic acids is 2. The van der Waals surface area contributed by atoms with Crippen molar-refractivity contribution in [1.29, 1.82) is 0 Å². The smallest absolute Gasteiger partial charge is 0.253 e. The Labute approximate surface area is 227 Å². The van der Waals surface area contributed by atoms with E-state index in [4.69, 9.17) is 16.3 Å². The molecule has 0 saturated carbocycles. The third-order valence-electron chi connectivity index (χ3n) is 5.46. The fraction of sp³-hybridized carbons (Fsp3) is 0.179. The Kier molecular flexibility index (Phi) is 9.72. The van der Waals surface area contributed by atoms with Crippen LogP contribution in [0.5, 0.6) is 5.75 Å². The minimum atomic E-state index is -0.282. The van der Waals surface area contributed by atoms with Crippen LogP contribution in [0, 0.1) is 0 Å². The summed E-state index contributed by atoms with van der Waals surface area (Å²) in [6.07, 6.45) is 3.78. The number of amides is 2. The van der Waals surface area contributed by atoms with Crippen molar-refractivity contribution >= 4 is 46.3 Å². The standard InChI is InChI=1S/C28H31ClN6O3/c1-6-17(3)32-24-16-20-10-11-21(24)28(37)31-14-8-13-30-27(36)19-9-12-23(25(15-19)38-5)33-18(4)34-26(35-20)22(29)7-2/h6-7,9-12,15-16,32-33H,1,3-4,8,13-14H2,2,5H3,(H,30,36)(H,31,37)(H,34,35)/b22-7+. The molecule has 9 nitrogen and oxygen atoms in total. The Morgan fingerprint density at radius 3 is 2.53 bits per heavy atom. The number of rotatable bonds is 5.